The number of rotatable bonds is 2. The molecule has 0 saturated carbocycles. The Balaban J connectivity index is 1.75. The maximum atomic E-state index is 10.3. The number of methoxy groups -OCH3 is 1. The summed E-state index contributed by atoms with van der Waals surface area (Å²) < 4.78 is 21.8. The monoisotopic (exact) mass is 282 g/mol. The molecule has 3 rings (SSSR count). The van der Waals surface area contributed by atoms with Gasteiger partial charge in [-0.15, -0.1) is 0 Å². The van der Waals surface area contributed by atoms with Gasteiger partial charge in [0.1, 0.15) is 24.4 Å². The van der Waals surface area contributed by atoms with Crippen LogP contribution in [0.25, 0.3) is 0 Å². The van der Waals surface area contributed by atoms with Gasteiger partial charge in [0.15, 0.2) is 12.6 Å². The normalized spacial score (nSPS) is 41.1. The zero-order chi connectivity index (χ0) is 14.1. The summed E-state index contributed by atoms with van der Waals surface area (Å²) in [7, 11) is 1.41. The minimum atomic E-state index is -1.18. The van der Waals surface area contributed by atoms with Gasteiger partial charge in [0.05, 0.1) is 6.61 Å². The maximum absolute atomic E-state index is 10.3. The van der Waals surface area contributed by atoms with E-state index in [4.69, 9.17) is 18.9 Å². The molecule has 2 aliphatic heterocycles. The van der Waals surface area contributed by atoms with Crippen molar-refractivity contribution in [2.45, 2.75) is 37.0 Å². The largest absolute Gasteiger partial charge is 0.387 e. The first kappa shape index (κ1) is 13.9. The average Bonchev–Trinajstić information content (AvgIpc) is 2.48. The maximum Gasteiger partial charge on any atom is 0.184 e. The Labute approximate surface area is 116 Å². The molecule has 2 N–H and O–H groups in total. The molecule has 1 unspecified atom stereocenters. The summed E-state index contributed by atoms with van der Waals surface area (Å²) in [5, 5.41) is 20.0. The first-order chi connectivity index (χ1) is 9.70. The van der Waals surface area contributed by atoms with Crippen LogP contribution in [0.3, 0.4) is 0 Å². The highest BCUT2D eigenvalue weighted by atomic mass is 16.7. The standard InChI is InChI=1S/C14H18O6/c1-17-12-10(15)11-9(19-13(12)16)7-18-14(20-11)8-5-3-2-4-6-8/h2-6,9-16H,7H2,1H3/t9-,10+,11-,12+,13+,14?/m1/s1. The molecule has 20 heavy (non-hydrogen) atoms. The number of aliphatic hydroxyl groups is 2. The zero-order valence-corrected chi connectivity index (χ0v) is 11.1. The third-order valence-electron chi connectivity index (χ3n) is 3.67. The van der Waals surface area contributed by atoms with Crippen molar-refractivity contribution >= 4 is 0 Å². The van der Waals surface area contributed by atoms with E-state index in [9.17, 15) is 10.2 Å². The Kier molecular flexibility index (Phi) is 4.02. The molecule has 2 saturated heterocycles. The lowest BCUT2D eigenvalue weighted by molar-refractivity contribution is -0.357. The van der Waals surface area contributed by atoms with Crippen molar-refractivity contribution in [3.05, 3.63) is 35.9 Å². The molecule has 0 aromatic heterocycles. The summed E-state index contributed by atoms with van der Waals surface area (Å²) in [6.45, 7) is 0.245. The summed E-state index contributed by atoms with van der Waals surface area (Å²) in [5.41, 5.74) is 0.873. The molecule has 0 spiro atoms. The fourth-order valence-electron chi connectivity index (χ4n) is 2.62. The number of fused-ring (bicyclic) bond motifs is 1. The second-order valence-corrected chi connectivity index (χ2v) is 4.93. The van der Waals surface area contributed by atoms with E-state index in [1.807, 2.05) is 30.3 Å². The van der Waals surface area contributed by atoms with Crippen molar-refractivity contribution in [1.82, 2.24) is 0 Å². The van der Waals surface area contributed by atoms with Gasteiger partial charge in [-0.1, -0.05) is 30.3 Å². The molecule has 6 nitrogen and oxygen atoms in total. The van der Waals surface area contributed by atoms with Crippen LogP contribution in [0.4, 0.5) is 0 Å². The minimum absolute atomic E-state index is 0.245. The van der Waals surface area contributed by atoms with E-state index in [0.717, 1.165) is 5.56 Å². The number of aliphatic hydroxyl groups excluding tert-OH is 2. The molecule has 110 valence electrons. The van der Waals surface area contributed by atoms with Crippen LogP contribution in [0.15, 0.2) is 30.3 Å². The van der Waals surface area contributed by atoms with Crippen LogP contribution in [0, 0.1) is 0 Å². The quantitative estimate of drug-likeness (QED) is 0.806. The second kappa shape index (κ2) is 5.77. The van der Waals surface area contributed by atoms with Crippen molar-refractivity contribution in [3.8, 4) is 0 Å². The third kappa shape index (κ3) is 2.46. The van der Waals surface area contributed by atoms with Crippen LogP contribution < -0.4 is 0 Å². The minimum Gasteiger partial charge on any atom is -0.387 e. The smallest absolute Gasteiger partial charge is 0.184 e. The van der Waals surface area contributed by atoms with E-state index in [1.165, 1.54) is 7.11 Å². The molecule has 6 heteroatoms. The van der Waals surface area contributed by atoms with Crippen LogP contribution in [0.5, 0.6) is 0 Å². The van der Waals surface area contributed by atoms with E-state index in [1.54, 1.807) is 0 Å². The van der Waals surface area contributed by atoms with Crippen molar-refractivity contribution < 1.29 is 29.2 Å². The van der Waals surface area contributed by atoms with Gasteiger partial charge in [-0.2, -0.15) is 0 Å². The lowest BCUT2D eigenvalue weighted by Gasteiger charge is -2.46. The molecule has 1 aromatic rings. The number of hydrogen-bond acceptors (Lipinski definition) is 6. The SMILES string of the molecule is CO[C@H]1[C@@H](O)[C@@H]2OC(c3ccccc3)OC[C@H]2O[C@@H]1O. The molecule has 0 aliphatic carbocycles. The van der Waals surface area contributed by atoms with Crippen molar-refractivity contribution in [2.75, 3.05) is 13.7 Å². The molecule has 2 heterocycles. The first-order valence-corrected chi connectivity index (χ1v) is 6.57. The van der Waals surface area contributed by atoms with E-state index in [2.05, 4.69) is 0 Å². The van der Waals surface area contributed by atoms with E-state index in [0.29, 0.717) is 0 Å². The van der Waals surface area contributed by atoms with Gasteiger partial charge in [0.25, 0.3) is 0 Å². The predicted molar refractivity (Wildman–Crippen MR) is 67.7 cm³/mol. The molecule has 0 amide bonds. The Morgan fingerprint density at radius 1 is 1.15 bits per heavy atom. The van der Waals surface area contributed by atoms with Gasteiger partial charge in [-0.25, -0.2) is 0 Å². The van der Waals surface area contributed by atoms with Crippen LogP contribution in [-0.2, 0) is 18.9 Å². The molecule has 2 fully saturated rings. The highest BCUT2D eigenvalue weighted by Gasteiger charge is 2.49. The van der Waals surface area contributed by atoms with Gasteiger partial charge < -0.3 is 29.2 Å². The van der Waals surface area contributed by atoms with E-state index < -0.39 is 37.0 Å². The van der Waals surface area contributed by atoms with Crippen LogP contribution in [0.1, 0.15) is 11.9 Å². The average molecular weight is 282 g/mol. The second-order valence-electron chi connectivity index (χ2n) is 4.93. The van der Waals surface area contributed by atoms with Crippen molar-refractivity contribution in [3.63, 3.8) is 0 Å². The Morgan fingerprint density at radius 2 is 1.90 bits per heavy atom. The zero-order valence-electron chi connectivity index (χ0n) is 11.1. The lowest BCUT2D eigenvalue weighted by Crippen LogP contribution is -2.62. The Morgan fingerprint density at radius 3 is 2.60 bits per heavy atom. The van der Waals surface area contributed by atoms with Crippen molar-refractivity contribution in [1.29, 1.82) is 0 Å². The number of ether oxygens (including phenoxy) is 4. The third-order valence-corrected chi connectivity index (χ3v) is 3.67. The molecule has 1 aromatic carbocycles. The summed E-state index contributed by atoms with van der Waals surface area (Å²) in [6, 6.07) is 9.48. The van der Waals surface area contributed by atoms with Crippen LogP contribution >= 0.6 is 0 Å². The summed E-state index contributed by atoms with van der Waals surface area (Å²) in [5.74, 6) is 0. The van der Waals surface area contributed by atoms with Gasteiger partial charge in [0, 0.05) is 12.7 Å². The predicted octanol–water partition coefficient (Wildman–Crippen LogP) is 0.194. The van der Waals surface area contributed by atoms with Gasteiger partial charge >= 0.3 is 0 Å². The molecule has 2 aliphatic rings. The molecule has 0 radical (unpaired) electrons. The molecule has 6 atom stereocenters. The fraction of sp³-hybridized carbons (Fsp3) is 0.571. The first-order valence-electron chi connectivity index (χ1n) is 6.57. The highest BCUT2D eigenvalue weighted by Crippen LogP contribution is 2.34. The fourth-order valence-corrected chi connectivity index (χ4v) is 2.62. The molecule has 0 bridgehead atoms. The summed E-state index contributed by atoms with van der Waals surface area (Å²) >= 11 is 0. The summed E-state index contributed by atoms with van der Waals surface area (Å²) in [6.07, 6.45) is -4.64. The van der Waals surface area contributed by atoms with Crippen LogP contribution in [-0.4, -0.2) is 54.6 Å². The van der Waals surface area contributed by atoms with Gasteiger partial charge in [0.2, 0.25) is 0 Å². The summed E-state index contributed by atoms with van der Waals surface area (Å²) in [4.78, 5) is 0. The van der Waals surface area contributed by atoms with Gasteiger partial charge in [-0.05, 0) is 0 Å². The topological polar surface area (TPSA) is 77.4 Å². The Bertz CT molecular complexity index is 439. The van der Waals surface area contributed by atoms with Gasteiger partial charge in [-0.3, -0.25) is 0 Å². The number of hydrogen-bond donors (Lipinski definition) is 2. The van der Waals surface area contributed by atoms with Crippen LogP contribution in [0.2, 0.25) is 0 Å². The number of benzene rings is 1. The van der Waals surface area contributed by atoms with E-state index >= 15 is 0 Å². The lowest BCUT2D eigenvalue weighted by atomic mass is 9.98. The highest BCUT2D eigenvalue weighted by molar-refractivity contribution is 5.16. The Hall–Kier alpha value is -1.02. The van der Waals surface area contributed by atoms with E-state index in [-0.39, 0.29) is 6.61 Å². The molecular weight excluding hydrogens is 264 g/mol. The molecular formula is C14H18O6. The van der Waals surface area contributed by atoms with Crippen molar-refractivity contribution in [2.24, 2.45) is 0 Å².